The highest BCUT2D eigenvalue weighted by atomic mass is 32.2. The zero-order chi connectivity index (χ0) is 19.3. The van der Waals surface area contributed by atoms with Gasteiger partial charge in [-0.25, -0.2) is 18.2 Å². The van der Waals surface area contributed by atoms with Gasteiger partial charge in [0.25, 0.3) is 0 Å². The number of aromatic carboxylic acids is 1. The van der Waals surface area contributed by atoms with Gasteiger partial charge in [0.15, 0.2) is 5.69 Å². The Labute approximate surface area is 158 Å². The van der Waals surface area contributed by atoms with Crippen molar-refractivity contribution in [3.05, 3.63) is 59.9 Å². The van der Waals surface area contributed by atoms with Crippen molar-refractivity contribution in [1.82, 2.24) is 9.29 Å². The lowest BCUT2D eigenvalue weighted by atomic mass is 10.1. The molecule has 0 aliphatic carbocycles. The first-order chi connectivity index (χ1) is 13.0. The highest BCUT2D eigenvalue weighted by Gasteiger charge is 2.33. The second-order valence-corrected chi connectivity index (χ2v) is 8.27. The summed E-state index contributed by atoms with van der Waals surface area (Å²) in [6.45, 7) is 1.19. The Bertz CT molecular complexity index is 878. The van der Waals surface area contributed by atoms with E-state index in [1.807, 2.05) is 30.3 Å². The quantitative estimate of drug-likeness (QED) is 0.778. The van der Waals surface area contributed by atoms with Crippen molar-refractivity contribution in [1.29, 1.82) is 0 Å². The monoisotopic (exact) mass is 390 g/mol. The molecule has 0 spiro atoms. The first-order valence-electron chi connectivity index (χ1n) is 8.82. The van der Waals surface area contributed by atoms with Crippen LogP contribution in [0.2, 0.25) is 0 Å². The SMILES string of the molecule is O=C(O)c1ncccc1S(=O)(=O)N1CCC(OCCc2ccccc2)CC1. The lowest BCUT2D eigenvalue weighted by molar-refractivity contribution is 0.0229. The number of sulfonamides is 1. The van der Waals surface area contributed by atoms with Crippen LogP contribution in [-0.4, -0.2) is 54.6 Å². The normalized spacial score (nSPS) is 16.3. The number of piperidine rings is 1. The van der Waals surface area contributed by atoms with Crippen LogP contribution in [0.5, 0.6) is 0 Å². The highest BCUT2D eigenvalue weighted by Crippen LogP contribution is 2.24. The average Bonchev–Trinajstić information content (AvgIpc) is 2.69. The van der Waals surface area contributed by atoms with Crippen molar-refractivity contribution in [3.8, 4) is 0 Å². The second-order valence-electron chi connectivity index (χ2n) is 6.37. The van der Waals surface area contributed by atoms with Crippen molar-refractivity contribution in [2.24, 2.45) is 0 Å². The number of carboxylic acid groups (broad SMARTS) is 1. The van der Waals surface area contributed by atoms with Crippen LogP contribution in [0.3, 0.4) is 0 Å². The first-order valence-corrected chi connectivity index (χ1v) is 10.3. The fourth-order valence-electron chi connectivity index (χ4n) is 3.13. The van der Waals surface area contributed by atoms with E-state index in [0.717, 1.165) is 6.42 Å². The van der Waals surface area contributed by atoms with Gasteiger partial charge in [-0.3, -0.25) is 0 Å². The van der Waals surface area contributed by atoms with Gasteiger partial charge in [-0.05, 0) is 37.0 Å². The molecule has 27 heavy (non-hydrogen) atoms. The molecule has 144 valence electrons. The summed E-state index contributed by atoms with van der Waals surface area (Å²) in [7, 11) is -3.89. The van der Waals surface area contributed by atoms with E-state index in [1.165, 1.54) is 28.2 Å². The van der Waals surface area contributed by atoms with Crippen LogP contribution in [0.15, 0.2) is 53.6 Å². The topological polar surface area (TPSA) is 96.8 Å². The maximum Gasteiger partial charge on any atom is 0.355 e. The number of rotatable bonds is 7. The van der Waals surface area contributed by atoms with Crippen LogP contribution in [0.1, 0.15) is 28.9 Å². The highest BCUT2D eigenvalue weighted by molar-refractivity contribution is 7.89. The largest absolute Gasteiger partial charge is 0.476 e. The zero-order valence-corrected chi connectivity index (χ0v) is 15.6. The van der Waals surface area contributed by atoms with Crippen molar-refractivity contribution >= 4 is 16.0 Å². The summed E-state index contributed by atoms with van der Waals surface area (Å²) < 4.78 is 32.8. The number of nitrogens with zero attached hydrogens (tertiary/aromatic N) is 2. The van der Waals surface area contributed by atoms with Crippen molar-refractivity contribution in [2.45, 2.75) is 30.3 Å². The molecule has 1 N–H and O–H groups in total. The van der Waals surface area contributed by atoms with Crippen LogP contribution >= 0.6 is 0 Å². The van der Waals surface area contributed by atoms with Crippen molar-refractivity contribution in [3.63, 3.8) is 0 Å². The van der Waals surface area contributed by atoms with E-state index in [-0.39, 0.29) is 11.0 Å². The Morgan fingerprint density at radius 3 is 2.52 bits per heavy atom. The van der Waals surface area contributed by atoms with E-state index in [0.29, 0.717) is 32.5 Å². The summed E-state index contributed by atoms with van der Waals surface area (Å²) in [5.74, 6) is -1.35. The molecule has 0 unspecified atom stereocenters. The molecule has 1 aromatic heterocycles. The van der Waals surface area contributed by atoms with E-state index in [2.05, 4.69) is 4.98 Å². The third kappa shape index (κ3) is 4.71. The van der Waals surface area contributed by atoms with E-state index < -0.39 is 21.7 Å². The number of ether oxygens (including phenoxy) is 1. The van der Waals surface area contributed by atoms with Crippen molar-refractivity contribution < 1.29 is 23.1 Å². The molecule has 7 nitrogen and oxygen atoms in total. The van der Waals surface area contributed by atoms with E-state index in [1.54, 1.807) is 0 Å². The number of pyridine rings is 1. The van der Waals surface area contributed by atoms with Crippen LogP contribution in [0, 0.1) is 0 Å². The summed E-state index contributed by atoms with van der Waals surface area (Å²) >= 11 is 0. The summed E-state index contributed by atoms with van der Waals surface area (Å²) in [6.07, 6.45) is 3.26. The summed E-state index contributed by atoms with van der Waals surface area (Å²) in [5.41, 5.74) is 0.758. The zero-order valence-electron chi connectivity index (χ0n) is 14.8. The Morgan fingerprint density at radius 2 is 1.85 bits per heavy atom. The van der Waals surface area contributed by atoms with Gasteiger partial charge in [0, 0.05) is 19.3 Å². The molecule has 8 heteroatoms. The minimum absolute atomic E-state index is 0.00741. The molecule has 1 aromatic carbocycles. The Kier molecular flexibility index (Phi) is 6.20. The van der Waals surface area contributed by atoms with Gasteiger partial charge in [0.05, 0.1) is 12.7 Å². The molecule has 3 rings (SSSR count). The lowest BCUT2D eigenvalue weighted by Gasteiger charge is -2.31. The molecule has 0 amide bonds. The number of benzene rings is 1. The standard InChI is InChI=1S/C19H22N2O5S/c22-19(23)18-17(7-4-11-20-18)27(24,25)21-12-8-16(9-13-21)26-14-10-15-5-2-1-3-6-15/h1-7,11,16H,8-10,12-14H2,(H,22,23). The minimum atomic E-state index is -3.89. The smallest absolute Gasteiger partial charge is 0.355 e. The number of hydrogen-bond donors (Lipinski definition) is 1. The third-order valence-electron chi connectivity index (χ3n) is 4.58. The Morgan fingerprint density at radius 1 is 1.15 bits per heavy atom. The van der Waals surface area contributed by atoms with Gasteiger partial charge < -0.3 is 9.84 Å². The average molecular weight is 390 g/mol. The van der Waals surface area contributed by atoms with Crippen LogP contribution in [-0.2, 0) is 21.2 Å². The lowest BCUT2D eigenvalue weighted by Crippen LogP contribution is -2.41. The maximum atomic E-state index is 12.8. The second kappa shape index (κ2) is 8.60. The molecule has 2 heterocycles. The van der Waals surface area contributed by atoms with Gasteiger partial charge in [-0.2, -0.15) is 4.31 Å². The fraction of sp³-hybridized carbons (Fsp3) is 0.368. The fourth-order valence-corrected chi connectivity index (χ4v) is 4.73. The van der Waals surface area contributed by atoms with Gasteiger partial charge in [-0.1, -0.05) is 30.3 Å². The number of carbonyl (C=O) groups is 1. The van der Waals surface area contributed by atoms with Crippen molar-refractivity contribution in [2.75, 3.05) is 19.7 Å². The molecular formula is C19H22N2O5S. The van der Waals surface area contributed by atoms with Crippen LogP contribution in [0.25, 0.3) is 0 Å². The van der Waals surface area contributed by atoms with Crippen LogP contribution < -0.4 is 0 Å². The molecule has 1 aliphatic heterocycles. The molecule has 0 atom stereocenters. The Hall–Kier alpha value is -2.29. The Balaban J connectivity index is 1.56. The summed E-state index contributed by atoms with van der Waals surface area (Å²) in [5, 5.41) is 9.20. The molecular weight excluding hydrogens is 368 g/mol. The van der Waals surface area contributed by atoms with E-state index in [9.17, 15) is 18.3 Å². The molecule has 0 saturated carbocycles. The van der Waals surface area contributed by atoms with Gasteiger partial charge in [0.2, 0.25) is 10.0 Å². The maximum absolute atomic E-state index is 12.8. The van der Waals surface area contributed by atoms with E-state index >= 15 is 0 Å². The summed E-state index contributed by atoms with van der Waals surface area (Å²) in [6, 6.07) is 12.8. The number of hydrogen-bond acceptors (Lipinski definition) is 5. The molecule has 1 fully saturated rings. The number of aromatic nitrogens is 1. The van der Waals surface area contributed by atoms with Gasteiger partial charge in [-0.15, -0.1) is 0 Å². The molecule has 0 bridgehead atoms. The molecule has 1 aliphatic rings. The molecule has 0 radical (unpaired) electrons. The van der Waals surface area contributed by atoms with E-state index in [4.69, 9.17) is 4.74 Å². The first kappa shape index (κ1) is 19.5. The van der Waals surface area contributed by atoms with Crippen LogP contribution in [0.4, 0.5) is 0 Å². The van der Waals surface area contributed by atoms with Gasteiger partial charge >= 0.3 is 5.97 Å². The summed E-state index contributed by atoms with van der Waals surface area (Å²) in [4.78, 5) is 14.7. The molecule has 1 saturated heterocycles. The number of carboxylic acids is 1. The molecule has 2 aromatic rings. The van der Waals surface area contributed by atoms with Gasteiger partial charge in [0.1, 0.15) is 4.90 Å². The minimum Gasteiger partial charge on any atom is -0.476 e. The predicted molar refractivity (Wildman–Crippen MR) is 99.1 cm³/mol. The third-order valence-corrected chi connectivity index (χ3v) is 6.51. The predicted octanol–water partition coefficient (Wildman–Crippen LogP) is 2.19.